The van der Waals surface area contributed by atoms with Gasteiger partial charge in [-0.1, -0.05) is 13.0 Å². The van der Waals surface area contributed by atoms with E-state index in [1.807, 2.05) is 6.92 Å². The predicted molar refractivity (Wildman–Crippen MR) is 80.0 cm³/mol. The van der Waals surface area contributed by atoms with Crippen LogP contribution < -0.4 is 5.73 Å². The molecular weight excluding hydrogens is 288 g/mol. The van der Waals surface area contributed by atoms with Crippen molar-refractivity contribution in [2.45, 2.75) is 20.3 Å². The number of aromatic nitrogens is 2. The maximum atomic E-state index is 12.0. The minimum atomic E-state index is -0.548. The summed E-state index contributed by atoms with van der Waals surface area (Å²) in [7, 11) is 0. The van der Waals surface area contributed by atoms with Crippen molar-refractivity contribution in [2.75, 3.05) is 12.3 Å². The molecule has 8 heteroatoms. The number of hydrogen-bond donors (Lipinski definition) is 1. The van der Waals surface area contributed by atoms with Gasteiger partial charge >= 0.3 is 5.97 Å². The Hall–Kier alpha value is -2.90. The average Bonchev–Trinajstić information content (AvgIpc) is 2.84. The van der Waals surface area contributed by atoms with Crippen LogP contribution in [-0.4, -0.2) is 27.3 Å². The molecule has 0 saturated carbocycles. The number of carbonyl (C=O) groups excluding carboxylic acids is 1. The predicted octanol–water partition coefficient (Wildman–Crippen LogP) is 2.10. The normalized spacial score (nSPS) is 10.5. The number of hydrogen-bond acceptors (Lipinski definition) is 6. The summed E-state index contributed by atoms with van der Waals surface area (Å²) in [5.74, 6) is -0.440. The third kappa shape index (κ3) is 2.76. The number of ether oxygens (including phenoxy) is 1. The smallest absolute Gasteiger partial charge is 0.343 e. The van der Waals surface area contributed by atoms with E-state index in [-0.39, 0.29) is 23.7 Å². The molecule has 0 saturated heterocycles. The van der Waals surface area contributed by atoms with Crippen molar-refractivity contribution in [3.8, 4) is 5.69 Å². The number of nitrogens with zero attached hydrogens (tertiary/aromatic N) is 3. The highest BCUT2D eigenvalue weighted by atomic mass is 16.6. The molecule has 0 amide bonds. The molecule has 0 aliphatic rings. The molecule has 0 radical (unpaired) electrons. The molecule has 0 fully saturated rings. The van der Waals surface area contributed by atoms with Gasteiger partial charge in [-0.25, -0.2) is 9.48 Å². The SMILES string of the molecule is CCOC(=O)c1c(CC)nn(-c2cccc([N+](=O)[O-])c2)c1N. The first-order valence-corrected chi connectivity index (χ1v) is 6.78. The van der Waals surface area contributed by atoms with Gasteiger partial charge in [0.1, 0.15) is 11.4 Å². The molecule has 0 spiro atoms. The van der Waals surface area contributed by atoms with E-state index in [0.717, 1.165) is 0 Å². The highest BCUT2D eigenvalue weighted by Gasteiger charge is 2.23. The number of anilines is 1. The Morgan fingerprint density at radius 1 is 1.45 bits per heavy atom. The number of nitro groups is 1. The van der Waals surface area contributed by atoms with Gasteiger partial charge in [-0.05, 0) is 19.4 Å². The van der Waals surface area contributed by atoms with Gasteiger partial charge in [0.25, 0.3) is 5.69 Å². The zero-order valence-electron chi connectivity index (χ0n) is 12.3. The maximum absolute atomic E-state index is 12.0. The third-order valence-corrected chi connectivity index (χ3v) is 3.09. The van der Waals surface area contributed by atoms with Crippen molar-refractivity contribution in [2.24, 2.45) is 0 Å². The molecule has 0 unspecified atom stereocenters. The topological polar surface area (TPSA) is 113 Å². The van der Waals surface area contributed by atoms with E-state index >= 15 is 0 Å². The number of nitrogens with two attached hydrogens (primary N) is 1. The lowest BCUT2D eigenvalue weighted by atomic mass is 10.2. The number of carbonyl (C=O) groups is 1. The van der Waals surface area contributed by atoms with Gasteiger partial charge < -0.3 is 10.5 Å². The number of aryl methyl sites for hydroxylation is 1. The molecule has 0 atom stereocenters. The monoisotopic (exact) mass is 304 g/mol. The highest BCUT2D eigenvalue weighted by molar-refractivity contribution is 5.96. The lowest BCUT2D eigenvalue weighted by Crippen LogP contribution is -2.10. The van der Waals surface area contributed by atoms with E-state index in [2.05, 4.69) is 5.10 Å². The maximum Gasteiger partial charge on any atom is 0.343 e. The second kappa shape index (κ2) is 6.25. The fourth-order valence-electron chi connectivity index (χ4n) is 2.09. The van der Waals surface area contributed by atoms with Gasteiger partial charge in [0.15, 0.2) is 0 Å². The first-order chi connectivity index (χ1) is 10.5. The first-order valence-electron chi connectivity index (χ1n) is 6.78. The minimum Gasteiger partial charge on any atom is -0.462 e. The Balaban J connectivity index is 2.55. The van der Waals surface area contributed by atoms with Gasteiger partial charge in [-0.2, -0.15) is 5.10 Å². The van der Waals surface area contributed by atoms with E-state index in [1.54, 1.807) is 13.0 Å². The molecule has 1 aromatic heterocycles. The highest BCUT2D eigenvalue weighted by Crippen LogP contribution is 2.24. The van der Waals surface area contributed by atoms with Crippen molar-refractivity contribution < 1.29 is 14.5 Å². The zero-order valence-corrected chi connectivity index (χ0v) is 12.3. The molecule has 2 aromatic rings. The van der Waals surface area contributed by atoms with E-state index in [9.17, 15) is 14.9 Å². The molecule has 8 nitrogen and oxygen atoms in total. The standard InChI is InChI=1S/C14H16N4O4/c1-3-11-12(14(19)22-4-2)13(15)17(16-11)9-6-5-7-10(8-9)18(20)21/h5-8H,3-4,15H2,1-2H3. The van der Waals surface area contributed by atoms with Crippen LogP contribution in [0.3, 0.4) is 0 Å². The average molecular weight is 304 g/mol. The van der Waals surface area contributed by atoms with E-state index < -0.39 is 10.9 Å². The van der Waals surface area contributed by atoms with Crippen LogP contribution in [0.15, 0.2) is 24.3 Å². The molecule has 1 aromatic carbocycles. The van der Waals surface area contributed by atoms with Crippen molar-refractivity contribution in [3.05, 3.63) is 45.6 Å². The Morgan fingerprint density at radius 3 is 2.77 bits per heavy atom. The molecular formula is C14H16N4O4. The summed E-state index contributed by atoms with van der Waals surface area (Å²) < 4.78 is 6.30. The number of nitro benzene ring substituents is 1. The van der Waals surface area contributed by atoms with Gasteiger partial charge in [0.05, 0.1) is 22.9 Å². The Labute approximate surface area is 126 Å². The third-order valence-electron chi connectivity index (χ3n) is 3.09. The Kier molecular flexibility index (Phi) is 4.40. The summed E-state index contributed by atoms with van der Waals surface area (Å²) in [6.07, 6.45) is 0.486. The molecule has 2 N–H and O–H groups in total. The summed E-state index contributed by atoms with van der Waals surface area (Å²) in [4.78, 5) is 22.4. The van der Waals surface area contributed by atoms with E-state index in [0.29, 0.717) is 17.8 Å². The van der Waals surface area contributed by atoms with Crippen molar-refractivity contribution in [1.29, 1.82) is 0 Å². The van der Waals surface area contributed by atoms with E-state index in [1.165, 1.54) is 22.9 Å². The number of nitrogen functional groups attached to an aromatic ring is 1. The summed E-state index contributed by atoms with van der Waals surface area (Å²) in [6, 6.07) is 5.88. The summed E-state index contributed by atoms with van der Waals surface area (Å²) in [5, 5.41) is 15.1. The Bertz CT molecular complexity index is 724. The first kappa shape index (κ1) is 15.5. The minimum absolute atomic E-state index is 0.0804. The number of rotatable bonds is 5. The summed E-state index contributed by atoms with van der Waals surface area (Å²) in [5.41, 5.74) is 7.03. The molecule has 116 valence electrons. The fraction of sp³-hybridized carbons (Fsp3) is 0.286. The van der Waals surface area contributed by atoms with Crippen LogP contribution in [-0.2, 0) is 11.2 Å². The quantitative estimate of drug-likeness (QED) is 0.514. The number of benzene rings is 1. The molecule has 1 heterocycles. The zero-order chi connectivity index (χ0) is 16.3. The largest absolute Gasteiger partial charge is 0.462 e. The van der Waals surface area contributed by atoms with Crippen LogP contribution in [0.1, 0.15) is 29.9 Å². The molecule has 0 bridgehead atoms. The van der Waals surface area contributed by atoms with Crippen LogP contribution >= 0.6 is 0 Å². The molecule has 0 aliphatic carbocycles. The molecule has 2 rings (SSSR count). The van der Waals surface area contributed by atoms with Gasteiger partial charge in [0, 0.05) is 12.1 Å². The second-order valence-electron chi connectivity index (χ2n) is 4.47. The van der Waals surface area contributed by atoms with Gasteiger partial charge in [-0.3, -0.25) is 10.1 Å². The molecule has 0 aliphatic heterocycles. The lowest BCUT2D eigenvalue weighted by molar-refractivity contribution is -0.384. The van der Waals surface area contributed by atoms with E-state index in [4.69, 9.17) is 10.5 Å². The lowest BCUT2D eigenvalue weighted by Gasteiger charge is -2.05. The Morgan fingerprint density at radius 2 is 2.18 bits per heavy atom. The number of non-ortho nitro benzene ring substituents is 1. The van der Waals surface area contributed by atoms with Crippen molar-refractivity contribution in [1.82, 2.24) is 9.78 Å². The summed E-state index contributed by atoms with van der Waals surface area (Å²) in [6.45, 7) is 3.76. The van der Waals surface area contributed by atoms with Crippen LogP contribution in [0.5, 0.6) is 0 Å². The van der Waals surface area contributed by atoms with Crippen molar-refractivity contribution >= 4 is 17.5 Å². The summed E-state index contributed by atoms with van der Waals surface area (Å²) >= 11 is 0. The fourth-order valence-corrected chi connectivity index (χ4v) is 2.09. The van der Waals surface area contributed by atoms with Crippen molar-refractivity contribution in [3.63, 3.8) is 0 Å². The number of esters is 1. The molecule has 22 heavy (non-hydrogen) atoms. The van der Waals surface area contributed by atoms with Crippen LogP contribution in [0.4, 0.5) is 11.5 Å². The van der Waals surface area contributed by atoms with Gasteiger partial charge in [0.2, 0.25) is 0 Å². The van der Waals surface area contributed by atoms with Crippen LogP contribution in [0.25, 0.3) is 5.69 Å². The van der Waals surface area contributed by atoms with Gasteiger partial charge in [-0.15, -0.1) is 0 Å². The van der Waals surface area contributed by atoms with Crippen LogP contribution in [0.2, 0.25) is 0 Å². The van der Waals surface area contributed by atoms with Crippen LogP contribution in [0, 0.1) is 10.1 Å². The second-order valence-corrected chi connectivity index (χ2v) is 4.47.